The van der Waals surface area contributed by atoms with Crippen molar-refractivity contribution in [1.29, 1.82) is 0 Å². The molecule has 1 fully saturated rings. The first-order valence-electron chi connectivity index (χ1n) is 10.0. The van der Waals surface area contributed by atoms with E-state index in [0.29, 0.717) is 39.7 Å². The van der Waals surface area contributed by atoms with Crippen molar-refractivity contribution in [2.24, 2.45) is 5.92 Å². The monoisotopic (exact) mass is 498 g/mol. The molecule has 0 atom stereocenters. The average molecular weight is 499 g/mol. The number of hydrogen-bond donors (Lipinski definition) is 1. The molecule has 7 nitrogen and oxygen atoms in total. The Morgan fingerprint density at radius 3 is 2.41 bits per heavy atom. The Balaban J connectivity index is 1.61. The summed E-state index contributed by atoms with van der Waals surface area (Å²) in [5, 5.41) is 3.54. The molecular weight excluding hydrogens is 475 g/mol. The summed E-state index contributed by atoms with van der Waals surface area (Å²) < 4.78 is 31.7. The summed E-state index contributed by atoms with van der Waals surface area (Å²) in [6, 6.07) is 9.70. The number of carbonyl (C=O) groups excluding carboxylic acids is 2. The van der Waals surface area contributed by atoms with E-state index < -0.39 is 16.0 Å². The van der Waals surface area contributed by atoms with Crippen LogP contribution in [-0.2, 0) is 25.3 Å². The first-order valence-corrected chi connectivity index (χ1v) is 12.4. The van der Waals surface area contributed by atoms with Crippen LogP contribution in [0.2, 0.25) is 10.0 Å². The molecule has 0 radical (unpaired) electrons. The molecule has 1 N–H and O–H groups in total. The second kappa shape index (κ2) is 10.2. The highest BCUT2D eigenvalue weighted by molar-refractivity contribution is 7.88. The lowest BCUT2D eigenvalue weighted by atomic mass is 9.97. The van der Waals surface area contributed by atoms with Gasteiger partial charge in [-0.15, -0.1) is 0 Å². The van der Waals surface area contributed by atoms with Gasteiger partial charge in [-0.3, -0.25) is 4.79 Å². The molecule has 172 valence electrons. The standard InChI is InChI=1S/C22H24Cl2N2O5S/c1-14-3-5-17(22(28)31-2)12-20(14)25-21(27)16-7-9-26(10-8-16)32(29,30)13-15-4-6-18(23)19(24)11-15/h3-6,11-12,16H,7-10,13H2,1-2H3,(H,25,27). The van der Waals surface area contributed by atoms with Crippen LogP contribution in [0.15, 0.2) is 36.4 Å². The summed E-state index contributed by atoms with van der Waals surface area (Å²) >= 11 is 11.9. The molecule has 2 aromatic rings. The predicted octanol–water partition coefficient (Wildman–Crippen LogP) is 4.27. The van der Waals surface area contributed by atoms with Crippen molar-refractivity contribution in [3.63, 3.8) is 0 Å². The molecular formula is C22H24Cl2N2O5S. The van der Waals surface area contributed by atoms with E-state index in [0.717, 1.165) is 5.56 Å². The van der Waals surface area contributed by atoms with Crippen LogP contribution < -0.4 is 5.32 Å². The number of nitrogens with one attached hydrogen (secondary N) is 1. The highest BCUT2D eigenvalue weighted by atomic mass is 35.5. The maximum atomic E-state index is 12.8. The topological polar surface area (TPSA) is 92.8 Å². The van der Waals surface area contributed by atoms with Crippen molar-refractivity contribution in [2.75, 3.05) is 25.5 Å². The Morgan fingerprint density at radius 1 is 1.09 bits per heavy atom. The number of aryl methyl sites for hydroxylation is 1. The lowest BCUT2D eigenvalue weighted by Crippen LogP contribution is -2.41. The summed E-state index contributed by atoms with van der Waals surface area (Å²) in [7, 11) is -2.25. The average Bonchev–Trinajstić information content (AvgIpc) is 2.77. The van der Waals surface area contributed by atoms with Gasteiger partial charge in [0.25, 0.3) is 0 Å². The molecule has 0 aliphatic carbocycles. The molecule has 0 bridgehead atoms. The van der Waals surface area contributed by atoms with Gasteiger partial charge in [0, 0.05) is 24.7 Å². The molecule has 1 aliphatic rings. The third-order valence-corrected chi connectivity index (χ3v) is 8.06. The number of anilines is 1. The maximum Gasteiger partial charge on any atom is 0.337 e. The Morgan fingerprint density at radius 2 is 1.78 bits per heavy atom. The summed E-state index contributed by atoms with van der Waals surface area (Å²) in [5.74, 6) is -1.19. The fourth-order valence-corrected chi connectivity index (χ4v) is 5.43. The number of hydrogen-bond acceptors (Lipinski definition) is 5. The van der Waals surface area contributed by atoms with Crippen LogP contribution in [0.4, 0.5) is 5.69 Å². The molecule has 3 rings (SSSR count). The SMILES string of the molecule is COC(=O)c1ccc(C)c(NC(=O)C2CCN(S(=O)(=O)Cc3ccc(Cl)c(Cl)c3)CC2)c1. The van der Waals surface area contributed by atoms with E-state index in [1.807, 2.05) is 6.92 Å². The minimum Gasteiger partial charge on any atom is -0.465 e. The van der Waals surface area contributed by atoms with Gasteiger partial charge in [-0.25, -0.2) is 17.5 Å². The molecule has 0 saturated carbocycles. The molecule has 2 aromatic carbocycles. The fraction of sp³-hybridized carbons (Fsp3) is 0.364. The third-order valence-electron chi connectivity index (χ3n) is 5.47. The largest absolute Gasteiger partial charge is 0.465 e. The Kier molecular flexibility index (Phi) is 7.82. The van der Waals surface area contributed by atoms with Crippen molar-refractivity contribution >= 4 is 50.8 Å². The van der Waals surface area contributed by atoms with Crippen molar-refractivity contribution < 1.29 is 22.7 Å². The number of methoxy groups -OCH3 is 1. The van der Waals surface area contributed by atoms with Gasteiger partial charge in [-0.1, -0.05) is 35.3 Å². The number of ether oxygens (including phenoxy) is 1. The van der Waals surface area contributed by atoms with Gasteiger partial charge in [0.1, 0.15) is 0 Å². The highest BCUT2D eigenvalue weighted by Gasteiger charge is 2.31. The van der Waals surface area contributed by atoms with Gasteiger partial charge in [0.15, 0.2) is 0 Å². The molecule has 1 saturated heterocycles. The van der Waals surface area contributed by atoms with Crippen LogP contribution >= 0.6 is 23.2 Å². The molecule has 1 amide bonds. The fourth-order valence-electron chi connectivity index (χ4n) is 3.56. The zero-order valence-corrected chi connectivity index (χ0v) is 20.1. The molecule has 0 aromatic heterocycles. The van der Waals surface area contributed by atoms with Crippen LogP contribution in [-0.4, -0.2) is 44.8 Å². The van der Waals surface area contributed by atoms with Crippen molar-refractivity contribution in [1.82, 2.24) is 4.31 Å². The number of sulfonamides is 1. The first-order chi connectivity index (χ1) is 15.1. The minimum atomic E-state index is -3.55. The van der Waals surface area contributed by atoms with E-state index in [-0.39, 0.29) is 30.7 Å². The summed E-state index contributed by atoms with van der Waals surface area (Å²) in [6.45, 7) is 2.33. The Bertz CT molecular complexity index is 1130. The van der Waals surface area contributed by atoms with E-state index >= 15 is 0 Å². The maximum absolute atomic E-state index is 12.8. The number of benzene rings is 2. The van der Waals surface area contributed by atoms with Crippen molar-refractivity contribution in [2.45, 2.75) is 25.5 Å². The minimum absolute atomic E-state index is 0.180. The van der Waals surface area contributed by atoms with Gasteiger partial charge in [0.2, 0.25) is 15.9 Å². The number of rotatable bonds is 6. The Hall–Kier alpha value is -2.13. The third kappa shape index (κ3) is 5.81. The van der Waals surface area contributed by atoms with Crippen LogP contribution in [0.1, 0.15) is 34.3 Å². The summed E-state index contributed by atoms with van der Waals surface area (Å²) in [5.41, 5.74) is 2.25. The molecule has 32 heavy (non-hydrogen) atoms. The van der Waals surface area contributed by atoms with Crippen LogP contribution in [0.5, 0.6) is 0 Å². The van der Waals surface area contributed by atoms with Crippen molar-refractivity contribution in [3.05, 3.63) is 63.1 Å². The van der Waals surface area contributed by atoms with Crippen LogP contribution in [0, 0.1) is 12.8 Å². The van der Waals surface area contributed by atoms with E-state index in [9.17, 15) is 18.0 Å². The van der Waals surface area contributed by atoms with E-state index in [1.165, 1.54) is 11.4 Å². The zero-order chi connectivity index (χ0) is 23.5. The second-order valence-corrected chi connectivity index (χ2v) is 10.5. The number of amides is 1. The van der Waals surface area contributed by atoms with Crippen molar-refractivity contribution in [3.8, 4) is 0 Å². The van der Waals surface area contributed by atoms with Gasteiger partial charge in [-0.05, 0) is 55.2 Å². The number of halogens is 2. The zero-order valence-electron chi connectivity index (χ0n) is 17.7. The predicted molar refractivity (Wildman–Crippen MR) is 125 cm³/mol. The van der Waals surface area contributed by atoms with E-state index in [1.54, 1.807) is 36.4 Å². The number of carbonyl (C=O) groups is 2. The van der Waals surface area contributed by atoms with Crippen LogP contribution in [0.25, 0.3) is 0 Å². The normalized spacial score (nSPS) is 15.4. The smallest absolute Gasteiger partial charge is 0.337 e. The van der Waals surface area contributed by atoms with Crippen LogP contribution in [0.3, 0.4) is 0 Å². The molecule has 10 heteroatoms. The molecule has 1 heterocycles. The number of esters is 1. The highest BCUT2D eigenvalue weighted by Crippen LogP contribution is 2.27. The van der Waals surface area contributed by atoms with Gasteiger partial charge < -0.3 is 10.1 Å². The number of nitrogens with zero attached hydrogens (tertiary/aromatic N) is 1. The molecule has 1 aliphatic heterocycles. The van der Waals surface area contributed by atoms with Gasteiger partial charge >= 0.3 is 5.97 Å². The first kappa shape index (κ1) is 24.5. The summed E-state index contributed by atoms with van der Waals surface area (Å²) in [6.07, 6.45) is 0.810. The van der Waals surface area contributed by atoms with E-state index in [4.69, 9.17) is 27.9 Å². The van der Waals surface area contributed by atoms with Gasteiger partial charge in [-0.2, -0.15) is 0 Å². The van der Waals surface area contributed by atoms with Gasteiger partial charge in [0.05, 0.1) is 28.5 Å². The summed E-state index contributed by atoms with van der Waals surface area (Å²) in [4.78, 5) is 24.5. The Labute approximate surface area is 197 Å². The van der Waals surface area contributed by atoms with E-state index in [2.05, 4.69) is 5.32 Å². The number of piperidine rings is 1. The lowest BCUT2D eigenvalue weighted by Gasteiger charge is -2.30. The quantitative estimate of drug-likeness (QED) is 0.600. The lowest BCUT2D eigenvalue weighted by molar-refractivity contribution is -0.120. The molecule has 0 spiro atoms. The molecule has 0 unspecified atom stereocenters. The second-order valence-electron chi connectivity index (χ2n) is 7.69.